The van der Waals surface area contributed by atoms with E-state index in [-0.39, 0.29) is 19.0 Å². The summed E-state index contributed by atoms with van der Waals surface area (Å²) in [5, 5.41) is 4.70. The average Bonchev–Trinajstić information content (AvgIpc) is 3.04. The highest BCUT2D eigenvalue weighted by Crippen LogP contribution is 2.09. The van der Waals surface area contributed by atoms with Gasteiger partial charge in [-0.25, -0.2) is 0 Å². The number of thiophene rings is 1. The van der Waals surface area contributed by atoms with Gasteiger partial charge in [-0.3, -0.25) is 14.4 Å². The molecule has 2 heterocycles. The Morgan fingerprint density at radius 3 is 2.78 bits per heavy atom. The van der Waals surface area contributed by atoms with Crippen LogP contribution in [-0.2, 0) is 17.8 Å². The van der Waals surface area contributed by atoms with Crippen LogP contribution in [0, 0.1) is 0 Å². The fourth-order valence-electron chi connectivity index (χ4n) is 2.39. The van der Waals surface area contributed by atoms with Crippen molar-refractivity contribution in [2.24, 2.45) is 0 Å². The van der Waals surface area contributed by atoms with E-state index < -0.39 is 11.1 Å². The molecule has 23 heavy (non-hydrogen) atoms. The highest BCUT2D eigenvalue weighted by molar-refractivity contribution is 7.10. The summed E-state index contributed by atoms with van der Waals surface area (Å²) in [5.41, 5.74) is -0.0311. The number of hydrogen-bond donors (Lipinski definition) is 2. The van der Waals surface area contributed by atoms with E-state index in [0.29, 0.717) is 17.5 Å². The first-order valence-electron chi connectivity index (χ1n) is 7.16. The smallest absolute Gasteiger partial charge is 0.316 e. The van der Waals surface area contributed by atoms with Gasteiger partial charge in [-0.1, -0.05) is 18.2 Å². The number of benzene rings is 1. The molecule has 1 aromatic carbocycles. The predicted molar refractivity (Wildman–Crippen MR) is 89.9 cm³/mol. The zero-order chi connectivity index (χ0) is 16.2. The minimum Gasteiger partial charge on any atom is -0.354 e. The third kappa shape index (κ3) is 3.40. The minimum atomic E-state index is -0.659. The monoisotopic (exact) mass is 329 g/mol. The van der Waals surface area contributed by atoms with Gasteiger partial charge in [0.05, 0.1) is 17.5 Å². The Labute approximate surface area is 135 Å². The summed E-state index contributed by atoms with van der Waals surface area (Å²) in [4.78, 5) is 39.1. The van der Waals surface area contributed by atoms with Gasteiger partial charge in [0.15, 0.2) is 0 Å². The molecule has 0 aliphatic heterocycles. The van der Waals surface area contributed by atoms with E-state index in [2.05, 4.69) is 10.3 Å². The number of nitrogens with one attached hydrogen (secondary N) is 2. The quantitative estimate of drug-likeness (QED) is 0.688. The van der Waals surface area contributed by atoms with Gasteiger partial charge in [-0.15, -0.1) is 11.3 Å². The molecule has 1 amide bonds. The van der Waals surface area contributed by atoms with Crippen LogP contribution in [0.15, 0.2) is 51.4 Å². The molecular formula is C16H15N3O3S. The Kier molecular flexibility index (Phi) is 4.38. The highest BCUT2D eigenvalue weighted by atomic mass is 32.1. The molecule has 6 nitrogen and oxygen atoms in total. The van der Waals surface area contributed by atoms with Gasteiger partial charge in [0.25, 0.3) is 0 Å². The third-order valence-electron chi connectivity index (χ3n) is 3.45. The van der Waals surface area contributed by atoms with Crippen molar-refractivity contribution in [2.45, 2.75) is 13.0 Å². The lowest BCUT2D eigenvalue weighted by Gasteiger charge is -2.10. The van der Waals surface area contributed by atoms with Crippen LogP contribution < -0.4 is 16.4 Å². The van der Waals surface area contributed by atoms with Gasteiger partial charge in [0, 0.05) is 18.0 Å². The van der Waals surface area contributed by atoms with Crippen molar-refractivity contribution in [1.82, 2.24) is 14.9 Å². The lowest BCUT2D eigenvalue weighted by Crippen LogP contribution is -2.39. The van der Waals surface area contributed by atoms with Crippen molar-refractivity contribution in [3.63, 3.8) is 0 Å². The summed E-state index contributed by atoms with van der Waals surface area (Å²) in [5.74, 6) is -0.102. The second-order valence-electron chi connectivity index (χ2n) is 5.03. The molecule has 0 aliphatic carbocycles. The molecule has 0 fully saturated rings. The van der Waals surface area contributed by atoms with E-state index in [1.165, 1.54) is 15.9 Å². The van der Waals surface area contributed by atoms with Gasteiger partial charge < -0.3 is 14.9 Å². The number of aromatic amines is 1. The topological polar surface area (TPSA) is 84.0 Å². The molecule has 0 bridgehead atoms. The van der Waals surface area contributed by atoms with Crippen molar-refractivity contribution < 1.29 is 4.79 Å². The minimum absolute atomic E-state index is 0.102. The first-order valence-corrected chi connectivity index (χ1v) is 8.04. The average molecular weight is 329 g/mol. The standard InChI is InChI=1S/C16H15N3O3S/c20-14(10-11-4-3-9-23-11)17-7-8-19-13-6-2-1-5-12(13)18-15(21)16(19)22/h1-6,9H,7-8,10H2,(H,17,20)(H,18,21). The number of para-hydroxylation sites is 2. The van der Waals surface area contributed by atoms with Crippen LogP contribution in [0.2, 0.25) is 0 Å². The molecule has 2 N–H and O–H groups in total. The van der Waals surface area contributed by atoms with Gasteiger partial charge in [0.1, 0.15) is 0 Å². The maximum absolute atomic E-state index is 12.0. The molecule has 3 aromatic rings. The molecule has 0 saturated heterocycles. The van der Waals surface area contributed by atoms with Gasteiger partial charge in [-0.2, -0.15) is 0 Å². The van der Waals surface area contributed by atoms with Gasteiger partial charge in [-0.05, 0) is 23.6 Å². The SMILES string of the molecule is O=C(Cc1cccs1)NCCn1c(=O)c(=O)[nH]c2ccccc21. The molecule has 0 saturated carbocycles. The van der Waals surface area contributed by atoms with Crippen LogP contribution in [0.3, 0.4) is 0 Å². The maximum Gasteiger partial charge on any atom is 0.316 e. The number of fused-ring (bicyclic) bond motifs is 1. The number of amides is 1. The van der Waals surface area contributed by atoms with Gasteiger partial charge in [0.2, 0.25) is 5.91 Å². The van der Waals surface area contributed by atoms with Crippen LogP contribution in [0.25, 0.3) is 11.0 Å². The largest absolute Gasteiger partial charge is 0.354 e. The Balaban J connectivity index is 1.72. The molecule has 3 rings (SSSR count). The summed E-state index contributed by atoms with van der Waals surface area (Å²) in [6.07, 6.45) is 0.322. The van der Waals surface area contributed by atoms with Crippen LogP contribution in [0.4, 0.5) is 0 Å². The van der Waals surface area contributed by atoms with Gasteiger partial charge >= 0.3 is 11.1 Å². The number of nitrogens with zero attached hydrogens (tertiary/aromatic N) is 1. The number of aromatic nitrogens is 2. The number of carbonyl (C=O) groups is 1. The summed E-state index contributed by atoms with van der Waals surface area (Å²) in [6.45, 7) is 0.539. The molecule has 0 radical (unpaired) electrons. The van der Waals surface area contributed by atoms with Crippen molar-refractivity contribution in [3.8, 4) is 0 Å². The lowest BCUT2D eigenvalue weighted by atomic mass is 10.3. The Morgan fingerprint density at radius 2 is 2.00 bits per heavy atom. The van der Waals surface area contributed by atoms with Crippen molar-refractivity contribution in [2.75, 3.05) is 6.54 Å². The Hall–Kier alpha value is -2.67. The summed E-state index contributed by atoms with van der Waals surface area (Å²) in [7, 11) is 0. The molecule has 0 spiro atoms. The second-order valence-corrected chi connectivity index (χ2v) is 6.07. The zero-order valence-electron chi connectivity index (χ0n) is 12.2. The molecule has 0 unspecified atom stereocenters. The fourth-order valence-corrected chi connectivity index (χ4v) is 3.09. The third-order valence-corrected chi connectivity index (χ3v) is 4.33. The fraction of sp³-hybridized carbons (Fsp3) is 0.188. The van der Waals surface area contributed by atoms with Crippen LogP contribution >= 0.6 is 11.3 Å². The molecule has 0 aliphatic rings. The summed E-state index contributed by atoms with van der Waals surface area (Å²) in [6, 6.07) is 10.9. The Bertz CT molecular complexity index is 941. The van der Waals surface area contributed by atoms with E-state index in [4.69, 9.17) is 0 Å². The van der Waals surface area contributed by atoms with Crippen LogP contribution in [0.5, 0.6) is 0 Å². The number of carbonyl (C=O) groups excluding carboxylic acids is 1. The van der Waals surface area contributed by atoms with Crippen molar-refractivity contribution >= 4 is 28.3 Å². The molecule has 0 atom stereocenters. The predicted octanol–water partition coefficient (Wildman–Crippen LogP) is 1.11. The highest BCUT2D eigenvalue weighted by Gasteiger charge is 2.08. The van der Waals surface area contributed by atoms with E-state index in [9.17, 15) is 14.4 Å². The van der Waals surface area contributed by atoms with E-state index in [1.54, 1.807) is 24.3 Å². The van der Waals surface area contributed by atoms with Crippen LogP contribution in [0.1, 0.15) is 4.88 Å². The maximum atomic E-state index is 12.0. The summed E-state index contributed by atoms with van der Waals surface area (Å²) < 4.78 is 1.39. The van der Waals surface area contributed by atoms with Crippen LogP contribution in [-0.4, -0.2) is 22.0 Å². The molecule has 118 valence electrons. The second kappa shape index (κ2) is 6.62. The van der Waals surface area contributed by atoms with E-state index in [1.807, 2.05) is 17.5 Å². The van der Waals surface area contributed by atoms with E-state index in [0.717, 1.165) is 4.88 Å². The molecule has 2 aromatic heterocycles. The zero-order valence-corrected chi connectivity index (χ0v) is 13.1. The lowest BCUT2D eigenvalue weighted by molar-refractivity contribution is -0.120. The summed E-state index contributed by atoms with van der Waals surface area (Å²) >= 11 is 1.53. The van der Waals surface area contributed by atoms with Crippen molar-refractivity contribution in [1.29, 1.82) is 0 Å². The van der Waals surface area contributed by atoms with E-state index >= 15 is 0 Å². The normalized spacial score (nSPS) is 10.8. The number of rotatable bonds is 5. The molecular weight excluding hydrogens is 314 g/mol. The number of H-pyrrole nitrogens is 1. The van der Waals surface area contributed by atoms with Crippen molar-refractivity contribution in [3.05, 3.63) is 67.4 Å². The number of hydrogen-bond acceptors (Lipinski definition) is 4. The first kappa shape index (κ1) is 15.2. The first-order chi connectivity index (χ1) is 11.1. The molecule has 7 heteroatoms. The Morgan fingerprint density at radius 1 is 1.17 bits per heavy atom.